The zero-order valence-corrected chi connectivity index (χ0v) is 9.60. The number of aromatic hydroxyl groups is 1. The second-order valence-electron chi connectivity index (χ2n) is 4.48. The second-order valence-corrected chi connectivity index (χ2v) is 4.48. The molecule has 0 aliphatic heterocycles. The molecule has 0 bridgehead atoms. The Morgan fingerprint density at radius 1 is 1.53 bits per heavy atom. The largest absolute Gasteiger partial charge is 0.504 e. The van der Waals surface area contributed by atoms with Gasteiger partial charge in [0.05, 0.1) is 0 Å². The summed E-state index contributed by atoms with van der Waals surface area (Å²) in [6.07, 6.45) is 5.06. The fraction of sp³-hybridized carbons (Fsp3) is 0.500. The monoisotopic (exact) mass is 235 g/mol. The van der Waals surface area contributed by atoms with Gasteiger partial charge in [-0.25, -0.2) is 4.98 Å². The molecule has 0 aromatic carbocycles. The first kappa shape index (κ1) is 11.9. The average molecular weight is 235 g/mol. The summed E-state index contributed by atoms with van der Waals surface area (Å²) in [5.74, 6) is 0.0342. The molecule has 1 fully saturated rings. The lowest BCUT2D eigenvalue weighted by Crippen LogP contribution is -2.34. The molecule has 17 heavy (non-hydrogen) atoms. The summed E-state index contributed by atoms with van der Waals surface area (Å²) in [6, 6.07) is 3.22. The predicted molar refractivity (Wildman–Crippen MR) is 64.5 cm³/mol. The van der Waals surface area contributed by atoms with Crippen molar-refractivity contribution in [2.24, 2.45) is 11.7 Å². The molecule has 92 valence electrons. The zero-order valence-electron chi connectivity index (χ0n) is 9.60. The van der Waals surface area contributed by atoms with Crippen molar-refractivity contribution >= 4 is 11.7 Å². The van der Waals surface area contributed by atoms with Crippen LogP contribution in [0.15, 0.2) is 18.3 Å². The maximum absolute atomic E-state index is 11.9. The maximum atomic E-state index is 11.9. The van der Waals surface area contributed by atoms with Crippen LogP contribution in [-0.4, -0.2) is 22.0 Å². The number of aromatic nitrogens is 1. The standard InChI is InChI=1S/C12H17N3O2/c13-9-4-1-3-8(7-9)12(17)15-11-10(16)5-2-6-14-11/h2,5-6,8-9,16H,1,3-4,7,13H2,(H,14,15,17). The molecule has 0 saturated heterocycles. The Morgan fingerprint density at radius 2 is 2.35 bits per heavy atom. The lowest BCUT2D eigenvalue weighted by Gasteiger charge is -2.25. The van der Waals surface area contributed by atoms with Gasteiger partial charge >= 0.3 is 0 Å². The molecule has 5 heteroatoms. The second kappa shape index (κ2) is 5.14. The molecule has 1 aliphatic carbocycles. The summed E-state index contributed by atoms with van der Waals surface area (Å²) < 4.78 is 0. The number of carbonyl (C=O) groups is 1. The molecule has 5 nitrogen and oxygen atoms in total. The Bertz CT molecular complexity index is 408. The molecule has 2 atom stereocenters. The first-order valence-corrected chi connectivity index (χ1v) is 5.87. The number of amides is 1. The quantitative estimate of drug-likeness (QED) is 0.719. The van der Waals surface area contributed by atoms with Crippen molar-refractivity contribution in [2.75, 3.05) is 5.32 Å². The number of nitrogens with one attached hydrogen (secondary N) is 1. The summed E-state index contributed by atoms with van der Waals surface area (Å²) in [4.78, 5) is 15.9. The number of hydrogen-bond acceptors (Lipinski definition) is 4. The first-order valence-electron chi connectivity index (χ1n) is 5.87. The third-order valence-electron chi connectivity index (χ3n) is 3.11. The van der Waals surface area contributed by atoms with Gasteiger partial charge in [0.1, 0.15) is 0 Å². The van der Waals surface area contributed by atoms with Crippen molar-refractivity contribution in [1.29, 1.82) is 0 Å². The predicted octanol–water partition coefficient (Wildman–Crippen LogP) is 1.24. The lowest BCUT2D eigenvalue weighted by atomic mass is 9.85. The molecular weight excluding hydrogens is 218 g/mol. The van der Waals surface area contributed by atoms with Crippen LogP contribution in [0.1, 0.15) is 25.7 Å². The molecule has 0 spiro atoms. The van der Waals surface area contributed by atoms with Crippen LogP contribution in [0.2, 0.25) is 0 Å². The molecular formula is C12H17N3O2. The van der Waals surface area contributed by atoms with Crippen LogP contribution in [-0.2, 0) is 4.79 Å². The molecule has 0 radical (unpaired) electrons. The van der Waals surface area contributed by atoms with Gasteiger partial charge in [0, 0.05) is 18.2 Å². The number of rotatable bonds is 2. The first-order chi connectivity index (χ1) is 8.16. The van der Waals surface area contributed by atoms with Crippen LogP contribution in [0, 0.1) is 5.92 Å². The maximum Gasteiger partial charge on any atom is 0.228 e. The van der Waals surface area contributed by atoms with E-state index >= 15 is 0 Å². The summed E-state index contributed by atoms with van der Waals surface area (Å²) in [5, 5.41) is 12.2. The Hall–Kier alpha value is -1.62. The smallest absolute Gasteiger partial charge is 0.228 e. The van der Waals surface area contributed by atoms with Crippen LogP contribution in [0.5, 0.6) is 5.75 Å². The van der Waals surface area contributed by atoms with E-state index in [2.05, 4.69) is 10.3 Å². The minimum Gasteiger partial charge on any atom is -0.504 e. The highest BCUT2D eigenvalue weighted by molar-refractivity contribution is 5.92. The van der Waals surface area contributed by atoms with Gasteiger partial charge in [-0.05, 0) is 31.4 Å². The summed E-state index contributed by atoms with van der Waals surface area (Å²) in [6.45, 7) is 0. The summed E-state index contributed by atoms with van der Waals surface area (Å²) >= 11 is 0. The topological polar surface area (TPSA) is 88.2 Å². The van der Waals surface area contributed by atoms with Gasteiger partial charge in [0.15, 0.2) is 11.6 Å². The molecule has 1 heterocycles. The van der Waals surface area contributed by atoms with Gasteiger partial charge in [0.2, 0.25) is 5.91 Å². The minimum atomic E-state index is -0.103. The van der Waals surface area contributed by atoms with E-state index < -0.39 is 0 Å². The van der Waals surface area contributed by atoms with Crippen molar-refractivity contribution in [3.8, 4) is 5.75 Å². The summed E-state index contributed by atoms with van der Waals surface area (Å²) in [5.41, 5.74) is 5.84. The molecule has 1 saturated carbocycles. The number of carbonyl (C=O) groups excluding carboxylic acids is 1. The van der Waals surface area contributed by atoms with Gasteiger partial charge in [-0.1, -0.05) is 6.42 Å². The third kappa shape index (κ3) is 2.94. The van der Waals surface area contributed by atoms with E-state index in [9.17, 15) is 9.90 Å². The fourth-order valence-corrected chi connectivity index (χ4v) is 2.18. The van der Waals surface area contributed by atoms with Crippen molar-refractivity contribution in [2.45, 2.75) is 31.7 Å². The molecule has 1 aromatic rings. The van der Waals surface area contributed by atoms with Crippen molar-refractivity contribution < 1.29 is 9.90 Å². The molecule has 1 aromatic heterocycles. The highest BCUT2D eigenvalue weighted by Gasteiger charge is 2.25. The van der Waals surface area contributed by atoms with Gasteiger partial charge in [-0.15, -0.1) is 0 Å². The molecule has 2 unspecified atom stereocenters. The Labute approximate surface area is 100 Å². The molecule has 1 amide bonds. The van der Waals surface area contributed by atoms with E-state index in [1.165, 1.54) is 12.3 Å². The molecule has 1 aliphatic rings. The third-order valence-corrected chi connectivity index (χ3v) is 3.11. The Kier molecular flexibility index (Phi) is 3.58. The zero-order chi connectivity index (χ0) is 12.3. The van der Waals surface area contributed by atoms with E-state index in [4.69, 9.17) is 5.73 Å². The van der Waals surface area contributed by atoms with Crippen LogP contribution in [0.4, 0.5) is 5.82 Å². The average Bonchev–Trinajstić information content (AvgIpc) is 2.32. The van der Waals surface area contributed by atoms with E-state index in [0.29, 0.717) is 6.42 Å². The molecule has 2 rings (SSSR count). The normalized spacial score (nSPS) is 24.3. The number of nitrogens with zero attached hydrogens (tertiary/aromatic N) is 1. The highest BCUT2D eigenvalue weighted by Crippen LogP contribution is 2.26. The number of anilines is 1. The Morgan fingerprint density at radius 3 is 3.06 bits per heavy atom. The van der Waals surface area contributed by atoms with E-state index in [-0.39, 0.29) is 29.4 Å². The number of nitrogens with two attached hydrogens (primary N) is 1. The van der Waals surface area contributed by atoms with Gasteiger partial charge in [-0.3, -0.25) is 4.79 Å². The number of pyridine rings is 1. The van der Waals surface area contributed by atoms with Gasteiger partial charge in [-0.2, -0.15) is 0 Å². The van der Waals surface area contributed by atoms with Gasteiger partial charge < -0.3 is 16.2 Å². The number of hydrogen-bond donors (Lipinski definition) is 3. The van der Waals surface area contributed by atoms with Crippen molar-refractivity contribution in [3.05, 3.63) is 18.3 Å². The highest BCUT2D eigenvalue weighted by atomic mass is 16.3. The lowest BCUT2D eigenvalue weighted by molar-refractivity contribution is -0.120. The minimum absolute atomic E-state index is 0.0130. The van der Waals surface area contributed by atoms with E-state index in [0.717, 1.165) is 19.3 Å². The van der Waals surface area contributed by atoms with Crippen LogP contribution >= 0.6 is 0 Å². The van der Waals surface area contributed by atoms with Crippen molar-refractivity contribution in [1.82, 2.24) is 4.98 Å². The molecule has 4 N–H and O–H groups in total. The fourth-order valence-electron chi connectivity index (χ4n) is 2.18. The van der Waals surface area contributed by atoms with Crippen LogP contribution in [0.3, 0.4) is 0 Å². The Balaban J connectivity index is 1.99. The SMILES string of the molecule is NC1CCCC(C(=O)Nc2ncccc2O)C1. The van der Waals surface area contributed by atoms with Crippen LogP contribution < -0.4 is 11.1 Å². The summed E-state index contributed by atoms with van der Waals surface area (Å²) in [7, 11) is 0. The van der Waals surface area contributed by atoms with Crippen LogP contribution in [0.25, 0.3) is 0 Å². The van der Waals surface area contributed by atoms with E-state index in [1.54, 1.807) is 6.07 Å². The van der Waals surface area contributed by atoms with Crippen molar-refractivity contribution in [3.63, 3.8) is 0 Å². The van der Waals surface area contributed by atoms with Gasteiger partial charge in [0.25, 0.3) is 0 Å². The van der Waals surface area contributed by atoms with E-state index in [1.807, 2.05) is 0 Å².